The van der Waals surface area contributed by atoms with Gasteiger partial charge in [-0.3, -0.25) is 9.78 Å². The van der Waals surface area contributed by atoms with Crippen LogP contribution >= 0.6 is 0 Å². The molecule has 0 aliphatic carbocycles. The van der Waals surface area contributed by atoms with E-state index in [1.807, 2.05) is 6.92 Å². The number of rotatable bonds is 3. The number of aromatic nitrogens is 1. The fourth-order valence-corrected chi connectivity index (χ4v) is 2.27. The zero-order valence-electron chi connectivity index (χ0n) is 10.5. The van der Waals surface area contributed by atoms with Gasteiger partial charge in [-0.25, -0.2) is 0 Å². The summed E-state index contributed by atoms with van der Waals surface area (Å²) in [6.07, 6.45) is 6.24. The maximum atomic E-state index is 12.0. The summed E-state index contributed by atoms with van der Waals surface area (Å²) in [7, 11) is 0. The van der Waals surface area contributed by atoms with Gasteiger partial charge in [0.15, 0.2) is 0 Å². The van der Waals surface area contributed by atoms with Gasteiger partial charge in [-0.05, 0) is 32.4 Å². The van der Waals surface area contributed by atoms with Crippen molar-refractivity contribution >= 4 is 5.91 Å². The fraction of sp³-hybridized carbons (Fsp3) is 0.538. The Hall–Kier alpha value is -1.62. The third-order valence-electron chi connectivity index (χ3n) is 3.36. The Kier molecular flexibility index (Phi) is 4.15. The van der Waals surface area contributed by atoms with Crippen LogP contribution in [0.25, 0.3) is 0 Å². The van der Waals surface area contributed by atoms with Crippen molar-refractivity contribution in [3.63, 3.8) is 0 Å². The second kappa shape index (κ2) is 5.82. The minimum atomic E-state index is -0.255. The van der Waals surface area contributed by atoms with Crippen LogP contribution in [0, 0.1) is 0 Å². The molecule has 1 aromatic rings. The van der Waals surface area contributed by atoms with Crippen molar-refractivity contribution in [3.8, 4) is 5.75 Å². The SMILES string of the molecule is CC(NC(=O)c1ccncc1O)C1CCCCN1. The second-order valence-corrected chi connectivity index (χ2v) is 4.71. The molecule has 5 nitrogen and oxygen atoms in total. The van der Waals surface area contributed by atoms with Crippen molar-refractivity contribution in [2.75, 3.05) is 6.54 Å². The fourth-order valence-electron chi connectivity index (χ4n) is 2.27. The van der Waals surface area contributed by atoms with Crippen LogP contribution in [0.3, 0.4) is 0 Å². The van der Waals surface area contributed by atoms with Gasteiger partial charge in [0.05, 0.1) is 11.8 Å². The highest BCUT2D eigenvalue weighted by Gasteiger charge is 2.22. The number of piperidine rings is 1. The molecule has 1 saturated heterocycles. The van der Waals surface area contributed by atoms with E-state index in [2.05, 4.69) is 15.6 Å². The number of nitrogens with zero attached hydrogens (tertiary/aromatic N) is 1. The minimum Gasteiger partial charge on any atom is -0.505 e. The molecule has 2 rings (SSSR count). The van der Waals surface area contributed by atoms with Crippen molar-refractivity contribution < 1.29 is 9.90 Å². The lowest BCUT2D eigenvalue weighted by molar-refractivity contribution is 0.0925. The van der Waals surface area contributed by atoms with Gasteiger partial charge in [0.1, 0.15) is 5.75 Å². The molecule has 0 saturated carbocycles. The maximum Gasteiger partial charge on any atom is 0.255 e. The van der Waals surface area contributed by atoms with Crippen LogP contribution in [0.5, 0.6) is 5.75 Å². The van der Waals surface area contributed by atoms with E-state index < -0.39 is 0 Å². The molecule has 0 bridgehead atoms. The van der Waals surface area contributed by atoms with E-state index in [-0.39, 0.29) is 23.3 Å². The molecule has 0 radical (unpaired) electrons. The Morgan fingerprint density at radius 2 is 2.44 bits per heavy atom. The molecule has 0 aromatic carbocycles. The first-order chi connectivity index (χ1) is 8.68. The van der Waals surface area contributed by atoms with E-state index in [1.165, 1.54) is 31.3 Å². The summed E-state index contributed by atoms with van der Waals surface area (Å²) in [5.74, 6) is -0.339. The predicted octanol–water partition coefficient (Wildman–Crippen LogP) is 1.05. The normalized spacial score (nSPS) is 21.3. The summed E-state index contributed by atoms with van der Waals surface area (Å²) in [4.78, 5) is 15.7. The number of carbonyl (C=O) groups excluding carboxylic acids is 1. The first kappa shape index (κ1) is 12.8. The lowest BCUT2D eigenvalue weighted by atomic mass is 9.99. The Morgan fingerprint density at radius 1 is 1.61 bits per heavy atom. The van der Waals surface area contributed by atoms with Crippen molar-refractivity contribution in [1.82, 2.24) is 15.6 Å². The second-order valence-electron chi connectivity index (χ2n) is 4.71. The monoisotopic (exact) mass is 249 g/mol. The number of carbonyl (C=O) groups is 1. The molecule has 0 spiro atoms. The van der Waals surface area contributed by atoms with Crippen molar-refractivity contribution in [3.05, 3.63) is 24.0 Å². The highest BCUT2D eigenvalue weighted by molar-refractivity contribution is 5.96. The number of nitrogens with one attached hydrogen (secondary N) is 2. The first-order valence-corrected chi connectivity index (χ1v) is 6.35. The summed E-state index contributed by atoms with van der Waals surface area (Å²) in [5, 5.41) is 15.9. The van der Waals surface area contributed by atoms with Crippen LogP contribution in [0.15, 0.2) is 18.5 Å². The van der Waals surface area contributed by atoms with E-state index in [4.69, 9.17) is 0 Å². The summed E-state index contributed by atoms with van der Waals surface area (Å²) >= 11 is 0. The predicted molar refractivity (Wildman–Crippen MR) is 68.5 cm³/mol. The smallest absolute Gasteiger partial charge is 0.255 e. The number of aromatic hydroxyl groups is 1. The lowest BCUT2D eigenvalue weighted by Gasteiger charge is -2.29. The minimum absolute atomic E-state index is 0.0466. The Balaban J connectivity index is 1.96. The van der Waals surface area contributed by atoms with Gasteiger partial charge in [-0.2, -0.15) is 0 Å². The summed E-state index contributed by atoms with van der Waals surface area (Å²) in [6, 6.07) is 1.88. The van der Waals surface area contributed by atoms with Crippen LogP contribution in [-0.2, 0) is 0 Å². The third-order valence-corrected chi connectivity index (χ3v) is 3.36. The summed E-state index contributed by atoms with van der Waals surface area (Å²) in [5.41, 5.74) is 0.271. The van der Waals surface area contributed by atoms with Gasteiger partial charge >= 0.3 is 0 Å². The topological polar surface area (TPSA) is 74.2 Å². The Labute approximate surface area is 107 Å². The molecule has 3 N–H and O–H groups in total. The van der Waals surface area contributed by atoms with Crippen LogP contribution in [0.4, 0.5) is 0 Å². The average Bonchev–Trinajstić information content (AvgIpc) is 2.40. The van der Waals surface area contributed by atoms with Gasteiger partial charge in [0.2, 0.25) is 0 Å². The first-order valence-electron chi connectivity index (χ1n) is 6.35. The molecule has 98 valence electrons. The molecule has 1 fully saturated rings. The van der Waals surface area contributed by atoms with Crippen LogP contribution in [-0.4, -0.2) is 34.6 Å². The molecule has 2 atom stereocenters. The molecule has 1 aliphatic heterocycles. The Morgan fingerprint density at radius 3 is 3.11 bits per heavy atom. The number of hydrogen-bond donors (Lipinski definition) is 3. The van der Waals surface area contributed by atoms with Gasteiger partial charge in [-0.15, -0.1) is 0 Å². The zero-order chi connectivity index (χ0) is 13.0. The van der Waals surface area contributed by atoms with Crippen molar-refractivity contribution in [2.45, 2.75) is 38.3 Å². The zero-order valence-corrected chi connectivity index (χ0v) is 10.5. The van der Waals surface area contributed by atoms with E-state index in [0.717, 1.165) is 13.0 Å². The van der Waals surface area contributed by atoms with Gasteiger partial charge < -0.3 is 15.7 Å². The van der Waals surface area contributed by atoms with Gasteiger partial charge in [-0.1, -0.05) is 6.42 Å². The van der Waals surface area contributed by atoms with E-state index in [0.29, 0.717) is 6.04 Å². The van der Waals surface area contributed by atoms with Gasteiger partial charge in [0.25, 0.3) is 5.91 Å². The van der Waals surface area contributed by atoms with Crippen LogP contribution in [0.2, 0.25) is 0 Å². The molecule has 5 heteroatoms. The molecular weight excluding hydrogens is 230 g/mol. The molecular formula is C13H19N3O2. The molecule has 1 aliphatic rings. The van der Waals surface area contributed by atoms with Crippen molar-refractivity contribution in [1.29, 1.82) is 0 Å². The van der Waals surface area contributed by atoms with E-state index in [9.17, 15) is 9.90 Å². The molecule has 18 heavy (non-hydrogen) atoms. The highest BCUT2D eigenvalue weighted by Crippen LogP contribution is 2.15. The maximum absolute atomic E-state index is 12.0. The van der Waals surface area contributed by atoms with E-state index >= 15 is 0 Å². The molecule has 2 unspecified atom stereocenters. The van der Waals surface area contributed by atoms with Gasteiger partial charge in [0, 0.05) is 18.3 Å². The van der Waals surface area contributed by atoms with Crippen LogP contribution in [0.1, 0.15) is 36.5 Å². The lowest BCUT2D eigenvalue weighted by Crippen LogP contribution is -2.50. The molecule has 2 heterocycles. The number of hydrogen-bond acceptors (Lipinski definition) is 4. The third kappa shape index (κ3) is 2.98. The summed E-state index contributed by atoms with van der Waals surface area (Å²) < 4.78 is 0. The molecule has 1 amide bonds. The van der Waals surface area contributed by atoms with Crippen molar-refractivity contribution in [2.24, 2.45) is 0 Å². The average molecular weight is 249 g/mol. The van der Waals surface area contributed by atoms with E-state index in [1.54, 1.807) is 0 Å². The number of pyridine rings is 1. The number of amides is 1. The highest BCUT2D eigenvalue weighted by atomic mass is 16.3. The largest absolute Gasteiger partial charge is 0.505 e. The standard InChI is InChI=1S/C13H19N3O2/c1-9(11-4-2-3-6-15-11)16-13(18)10-5-7-14-8-12(10)17/h5,7-9,11,15,17H,2-4,6H2,1H3,(H,16,18). The Bertz CT molecular complexity index is 416. The molecule has 1 aromatic heterocycles. The summed E-state index contributed by atoms with van der Waals surface area (Å²) in [6.45, 7) is 2.99. The quantitative estimate of drug-likeness (QED) is 0.748. The van der Waals surface area contributed by atoms with Crippen LogP contribution < -0.4 is 10.6 Å².